The maximum Gasteiger partial charge on any atom is 0.416 e. The molecule has 0 saturated carbocycles. The molecule has 0 aromatic heterocycles. The molecule has 0 spiro atoms. The van der Waals surface area contributed by atoms with Gasteiger partial charge in [-0.25, -0.2) is 0 Å². The van der Waals surface area contributed by atoms with E-state index >= 15 is 0 Å². The van der Waals surface area contributed by atoms with Gasteiger partial charge in [0.15, 0.2) is 5.78 Å². The minimum Gasteiger partial charge on any atom is -0.494 e. The fourth-order valence-corrected chi connectivity index (χ4v) is 2.29. The molecule has 1 N–H and O–H groups in total. The lowest BCUT2D eigenvalue weighted by Crippen LogP contribution is -2.07. The molecule has 0 radical (unpaired) electrons. The van der Waals surface area contributed by atoms with Crippen LogP contribution in [-0.2, 0) is 11.0 Å². The van der Waals surface area contributed by atoms with Crippen molar-refractivity contribution in [1.82, 2.24) is 0 Å². The first kappa shape index (κ1) is 20.2. The minimum atomic E-state index is -4.50. The average Bonchev–Trinajstić information content (AvgIpc) is 2.63. The summed E-state index contributed by atoms with van der Waals surface area (Å²) in [5.74, 6) is -0.869. The Balaban J connectivity index is 2.00. The fourth-order valence-electron chi connectivity index (χ4n) is 2.29. The van der Waals surface area contributed by atoms with Gasteiger partial charge in [0.2, 0.25) is 0 Å². The second-order valence-corrected chi connectivity index (χ2v) is 5.65. The van der Waals surface area contributed by atoms with Crippen LogP contribution in [0.1, 0.15) is 34.3 Å². The maximum absolute atomic E-state index is 12.9. The summed E-state index contributed by atoms with van der Waals surface area (Å²) in [5, 5.41) is 8.54. The van der Waals surface area contributed by atoms with E-state index in [0.29, 0.717) is 17.7 Å². The number of halogens is 3. The molecular formula is C20H17F3O4. The van der Waals surface area contributed by atoms with Crippen molar-refractivity contribution in [3.05, 3.63) is 71.3 Å². The highest BCUT2D eigenvalue weighted by molar-refractivity contribution is 6.06. The highest BCUT2D eigenvalue weighted by Gasteiger charge is 2.32. The normalized spacial score (nSPS) is 11.5. The molecule has 0 atom stereocenters. The van der Waals surface area contributed by atoms with Crippen LogP contribution in [0.15, 0.2) is 54.6 Å². The van der Waals surface area contributed by atoms with Gasteiger partial charge in [-0.2, -0.15) is 13.2 Å². The van der Waals surface area contributed by atoms with Gasteiger partial charge in [0.05, 0.1) is 12.2 Å². The van der Waals surface area contributed by atoms with Crippen molar-refractivity contribution in [2.24, 2.45) is 0 Å². The number of hydrogen-bond donors (Lipinski definition) is 1. The molecular weight excluding hydrogens is 361 g/mol. The summed E-state index contributed by atoms with van der Waals surface area (Å²) in [7, 11) is 0. The summed E-state index contributed by atoms with van der Waals surface area (Å²) in [6.07, 6.45) is -1.91. The molecule has 27 heavy (non-hydrogen) atoms. The number of carboxylic acid groups (broad SMARTS) is 1. The van der Waals surface area contributed by atoms with Crippen LogP contribution in [0.2, 0.25) is 0 Å². The SMILES string of the molecule is O=C(O)CCCOc1ccc(C(=O)/C=C/c2ccccc2C(F)(F)F)cc1. The maximum atomic E-state index is 12.9. The predicted molar refractivity (Wildman–Crippen MR) is 93.6 cm³/mol. The number of rotatable bonds is 8. The van der Waals surface area contributed by atoms with E-state index < -0.39 is 23.5 Å². The monoisotopic (exact) mass is 378 g/mol. The van der Waals surface area contributed by atoms with Gasteiger partial charge in [0.25, 0.3) is 0 Å². The van der Waals surface area contributed by atoms with Crippen LogP contribution in [0.4, 0.5) is 13.2 Å². The number of alkyl halides is 3. The van der Waals surface area contributed by atoms with Crippen molar-refractivity contribution in [2.75, 3.05) is 6.61 Å². The van der Waals surface area contributed by atoms with Crippen molar-refractivity contribution < 1.29 is 32.6 Å². The van der Waals surface area contributed by atoms with Crippen LogP contribution in [0.3, 0.4) is 0 Å². The smallest absolute Gasteiger partial charge is 0.416 e. The molecule has 7 heteroatoms. The lowest BCUT2D eigenvalue weighted by molar-refractivity contribution is -0.138. The second kappa shape index (κ2) is 9.02. The molecule has 2 aromatic carbocycles. The zero-order chi connectivity index (χ0) is 19.9. The zero-order valence-electron chi connectivity index (χ0n) is 14.2. The van der Waals surface area contributed by atoms with Crippen molar-refractivity contribution in [1.29, 1.82) is 0 Å². The number of ether oxygens (including phenoxy) is 1. The van der Waals surface area contributed by atoms with Crippen molar-refractivity contribution in [3.8, 4) is 5.75 Å². The van der Waals surface area contributed by atoms with Crippen molar-refractivity contribution in [3.63, 3.8) is 0 Å². The molecule has 142 valence electrons. The molecule has 0 aliphatic heterocycles. The van der Waals surface area contributed by atoms with Gasteiger partial charge in [0.1, 0.15) is 5.75 Å². The number of carbonyl (C=O) groups excluding carboxylic acids is 1. The van der Waals surface area contributed by atoms with Gasteiger partial charge in [-0.3, -0.25) is 9.59 Å². The summed E-state index contributed by atoms with van der Waals surface area (Å²) >= 11 is 0. The number of aliphatic carboxylic acids is 1. The summed E-state index contributed by atoms with van der Waals surface area (Å²) < 4.78 is 44.2. The number of carbonyl (C=O) groups is 2. The van der Waals surface area contributed by atoms with Crippen LogP contribution in [-0.4, -0.2) is 23.5 Å². The van der Waals surface area contributed by atoms with Crippen molar-refractivity contribution in [2.45, 2.75) is 19.0 Å². The molecule has 4 nitrogen and oxygen atoms in total. The Morgan fingerprint density at radius 1 is 1.04 bits per heavy atom. The largest absolute Gasteiger partial charge is 0.494 e. The number of carboxylic acids is 1. The Morgan fingerprint density at radius 3 is 2.33 bits per heavy atom. The van der Waals surface area contributed by atoms with Crippen LogP contribution < -0.4 is 4.74 Å². The van der Waals surface area contributed by atoms with Gasteiger partial charge in [-0.05, 0) is 48.4 Å². The molecule has 0 aliphatic rings. The topological polar surface area (TPSA) is 63.6 Å². The van der Waals surface area contributed by atoms with E-state index in [4.69, 9.17) is 9.84 Å². The standard InChI is InChI=1S/C20H17F3O4/c21-20(22,23)17-5-2-1-4-14(17)9-12-18(24)15-7-10-16(11-8-15)27-13-3-6-19(25)26/h1-2,4-5,7-12H,3,6,13H2,(H,25,26)/b12-9+. The molecule has 0 amide bonds. The molecule has 2 aromatic rings. The molecule has 0 aliphatic carbocycles. The van der Waals surface area contributed by atoms with Gasteiger partial charge in [0, 0.05) is 12.0 Å². The average molecular weight is 378 g/mol. The highest BCUT2D eigenvalue weighted by atomic mass is 19.4. The van der Waals surface area contributed by atoms with E-state index in [2.05, 4.69) is 0 Å². The van der Waals surface area contributed by atoms with Crippen LogP contribution in [0.25, 0.3) is 6.08 Å². The molecule has 0 bridgehead atoms. The third kappa shape index (κ3) is 6.29. The molecule has 0 fully saturated rings. The second-order valence-electron chi connectivity index (χ2n) is 5.65. The van der Waals surface area contributed by atoms with Crippen LogP contribution >= 0.6 is 0 Å². The molecule has 2 rings (SSSR count). The van der Waals surface area contributed by atoms with E-state index in [0.717, 1.165) is 18.2 Å². The Hall–Kier alpha value is -3.09. The number of ketones is 1. The lowest BCUT2D eigenvalue weighted by atomic mass is 10.0. The predicted octanol–water partition coefficient (Wildman–Crippen LogP) is 4.85. The van der Waals surface area contributed by atoms with E-state index in [9.17, 15) is 22.8 Å². The number of hydrogen-bond acceptors (Lipinski definition) is 3. The third-order valence-corrected chi connectivity index (χ3v) is 3.62. The fraction of sp³-hybridized carbons (Fsp3) is 0.200. The quantitative estimate of drug-likeness (QED) is 0.405. The Bertz CT molecular complexity index is 824. The van der Waals surface area contributed by atoms with Crippen molar-refractivity contribution >= 4 is 17.8 Å². The van der Waals surface area contributed by atoms with Gasteiger partial charge in [-0.1, -0.05) is 24.3 Å². The Labute approximate surface area is 153 Å². The van der Waals surface area contributed by atoms with Crippen LogP contribution in [0.5, 0.6) is 5.75 Å². The highest BCUT2D eigenvalue weighted by Crippen LogP contribution is 2.32. The van der Waals surface area contributed by atoms with E-state index in [1.165, 1.54) is 30.3 Å². The molecule has 0 unspecified atom stereocenters. The number of benzene rings is 2. The Kier molecular flexibility index (Phi) is 6.76. The Morgan fingerprint density at radius 2 is 1.70 bits per heavy atom. The van der Waals surface area contributed by atoms with Gasteiger partial charge in [-0.15, -0.1) is 0 Å². The van der Waals surface area contributed by atoms with E-state index in [1.54, 1.807) is 12.1 Å². The minimum absolute atomic E-state index is 0.000758. The van der Waals surface area contributed by atoms with Gasteiger partial charge < -0.3 is 9.84 Å². The van der Waals surface area contributed by atoms with E-state index in [-0.39, 0.29) is 18.6 Å². The zero-order valence-corrected chi connectivity index (χ0v) is 14.2. The lowest BCUT2D eigenvalue weighted by Gasteiger charge is -2.09. The third-order valence-electron chi connectivity index (χ3n) is 3.62. The first-order chi connectivity index (χ1) is 12.8. The van der Waals surface area contributed by atoms with Crippen LogP contribution in [0, 0.1) is 0 Å². The first-order valence-corrected chi connectivity index (χ1v) is 8.10. The summed E-state index contributed by atoms with van der Waals surface area (Å²) in [4.78, 5) is 22.6. The summed E-state index contributed by atoms with van der Waals surface area (Å²) in [6, 6.07) is 11.1. The number of allylic oxidation sites excluding steroid dienone is 1. The molecule has 0 saturated heterocycles. The first-order valence-electron chi connectivity index (χ1n) is 8.10. The summed E-state index contributed by atoms with van der Waals surface area (Å²) in [5.41, 5.74) is -0.593. The van der Waals surface area contributed by atoms with E-state index in [1.807, 2.05) is 0 Å². The van der Waals surface area contributed by atoms with Gasteiger partial charge >= 0.3 is 12.1 Å². The molecule has 0 heterocycles. The summed E-state index contributed by atoms with van der Waals surface area (Å²) in [6.45, 7) is 0.230.